The predicted molar refractivity (Wildman–Crippen MR) is 90.6 cm³/mol. The molecule has 0 amide bonds. The van der Waals surface area contributed by atoms with Crippen molar-refractivity contribution in [3.05, 3.63) is 29.6 Å². The Morgan fingerprint density at radius 2 is 1.61 bits per heavy atom. The van der Waals surface area contributed by atoms with E-state index in [-0.39, 0.29) is 0 Å². The second kappa shape index (κ2) is 8.34. The van der Waals surface area contributed by atoms with E-state index >= 15 is 0 Å². The largest absolute Gasteiger partial charge is 0.244 e. The minimum Gasteiger partial charge on any atom is -0.230 e. The van der Waals surface area contributed by atoms with Crippen molar-refractivity contribution >= 4 is 11.0 Å². The Bertz CT molecular complexity index is 681. The second-order valence-electron chi connectivity index (χ2n) is 6.03. The van der Waals surface area contributed by atoms with Gasteiger partial charge < -0.3 is 0 Å². The molecule has 0 fully saturated rings. The highest BCUT2D eigenvalue weighted by Gasteiger charge is 2.18. The number of nitriles is 2. The lowest BCUT2D eigenvalue weighted by Gasteiger charge is -1.98. The molecule has 1 aromatic heterocycles. The standard InChI is InChI=1S/C19H25N4/c1-3-5-7-9-22-15-23(10-8-6-4-2)19-12-17(14-21)16(13-20)11-18(19)22/h11-12,15H,3-10H2,1-2H3/q+1. The summed E-state index contributed by atoms with van der Waals surface area (Å²) in [6.07, 6.45) is 9.22. The molecule has 23 heavy (non-hydrogen) atoms. The van der Waals surface area contributed by atoms with Crippen LogP contribution in [0.15, 0.2) is 18.5 Å². The first-order chi connectivity index (χ1) is 11.2. The second-order valence-corrected chi connectivity index (χ2v) is 6.03. The number of unbranched alkanes of at least 4 members (excludes halogenated alkanes) is 4. The van der Waals surface area contributed by atoms with Crippen LogP contribution in [-0.4, -0.2) is 4.57 Å². The number of hydrogen-bond donors (Lipinski definition) is 0. The van der Waals surface area contributed by atoms with Gasteiger partial charge in [-0.2, -0.15) is 10.5 Å². The maximum Gasteiger partial charge on any atom is 0.244 e. The maximum atomic E-state index is 9.28. The average molecular weight is 309 g/mol. The van der Waals surface area contributed by atoms with E-state index < -0.39 is 0 Å². The Kier molecular flexibility index (Phi) is 6.18. The molecule has 0 N–H and O–H groups in total. The molecule has 0 radical (unpaired) electrons. The van der Waals surface area contributed by atoms with Gasteiger partial charge in [0, 0.05) is 12.1 Å². The van der Waals surface area contributed by atoms with Gasteiger partial charge in [-0.1, -0.05) is 26.7 Å². The topological polar surface area (TPSA) is 56.4 Å². The van der Waals surface area contributed by atoms with E-state index in [1.807, 2.05) is 12.1 Å². The lowest BCUT2D eigenvalue weighted by Crippen LogP contribution is -2.32. The lowest BCUT2D eigenvalue weighted by molar-refractivity contribution is -0.672. The van der Waals surface area contributed by atoms with E-state index in [2.05, 4.69) is 41.4 Å². The highest BCUT2D eigenvalue weighted by atomic mass is 15.1. The van der Waals surface area contributed by atoms with Gasteiger partial charge in [-0.05, 0) is 25.7 Å². The number of aryl methyl sites for hydroxylation is 2. The Labute approximate surface area is 138 Å². The minimum absolute atomic E-state index is 0.468. The summed E-state index contributed by atoms with van der Waals surface area (Å²) < 4.78 is 4.47. The summed E-state index contributed by atoms with van der Waals surface area (Å²) in [5, 5.41) is 18.6. The molecule has 0 unspecified atom stereocenters. The molecule has 0 aliphatic carbocycles. The van der Waals surface area contributed by atoms with Crippen molar-refractivity contribution in [3.8, 4) is 12.1 Å². The fourth-order valence-electron chi connectivity index (χ4n) is 2.94. The molecule has 0 aliphatic rings. The number of fused-ring (bicyclic) bond motifs is 1. The van der Waals surface area contributed by atoms with Crippen molar-refractivity contribution in [2.75, 3.05) is 0 Å². The van der Waals surface area contributed by atoms with Crippen molar-refractivity contribution in [2.24, 2.45) is 0 Å². The van der Waals surface area contributed by atoms with E-state index in [1.54, 1.807) is 0 Å². The molecular formula is C19H25N4+. The normalized spacial score (nSPS) is 10.6. The molecule has 0 aliphatic heterocycles. The van der Waals surface area contributed by atoms with Gasteiger partial charge in [0.05, 0.1) is 24.2 Å². The zero-order chi connectivity index (χ0) is 16.7. The fraction of sp³-hybridized carbons (Fsp3) is 0.526. The summed E-state index contributed by atoms with van der Waals surface area (Å²) in [7, 11) is 0. The number of rotatable bonds is 8. The summed E-state index contributed by atoms with van der Waals surface area (Å²) >= 11 is 0. The van der Waals surface area contributed by atoms with Gasteiger partial charge in [-0.25, -0.2) is 9.13 Å². The molecule has 4 heteroatoms. The summed E-state index contributed by atoms with van der Waals surface area (Å²) in [5.74, 6) is 0. The van der Waals surface area contributed by atoms with Gasteiger partial charge in [0.1, 0.15) is 12.1 Å². The van der Waals surface area contributed by atoms with E-state index in [9.17, 15) is 10.5 Å². The van der Waals surface area contributed by atoms with Crippen molar-refractivity contribution in [3.63, 3.8) is 0 Å². The van der Waals surface area contributed by atoms with Crippen LogP contribution in [-0.2, 0) is 13.1 Å². The number of imidazole rings is 1. The van der Waals surface area contributed by atoms with E-state index in [1.165, 1.54) is 25.7 Å². The van der Waals surface area contributed by atoms with Crippen LogP contribution in [0.3, 0.4) is 0 Å². The lowest BCUT2D eigenvalue weighted by atomic mass is 10.1. The fourth-order valence-corrected chi connectivity index (χ4v) is 2.94. The molecule has 1 aromatic carbocycles. The zero-order valence-electron chi connectivity index (χ0n) is 14.2. The first kappa shape index (κ1) is 17.0. The number of aromatic nitrogens is 2. The molecule has 0 bridgehead atoms. The highest BCUT2D eigenvalue weighted by molar-refractivity contribution is 5.77. The van der Waals surface area contributed by atoms with Crippen LogP contribution >= 0.6 is 0 Å². The Morgan fingerprint density at radius 3 is 2.26 bits per heavy atom. The monoisotopic (exact) mass is 309 g/mol. The maximum absolute atomic E-state index is 9.28. The van der Waals surface area contributed by atoms with E-state index in [4.69, 9.17) is 0 Å². The third-order valence-corrected chi connectivity index (χ3v) is 4.26. The van der Waals surface area contributed by atoms with E-state index in [0.29, 0.717) is 11.1 Å². The van der Waals surface area contributed by atoms with Crippen LogP contribution in [0.25, 0.3) is 11.0 Å². The number of benzene rings is 1. The van der Waals surface area contributed by atoms with Gasteiger partial charge in [-0.3, -0.25) is 0 Å². The van der Waals surface area contributed by atoms with E-state index in [0.717, 1.165) is 37.0 Å². The summed E-state index contributed by atoms with van der Waals surface area (Å²) in [6.45, 7) is 6.32. The number of hydrogen-bond acceptors (Lipinski definition) is 2. The van der Waals surface area contributed by atoms with Crippen molar-refractivity contribution in [1.82, 2.24) is 4.57 Å². The van der Waals surface area contributed by atoms with Crippen LogP contribution < -0.4 is 4.57 Å². The van der Waals surface area contributed by atoms with Crippen molar-refractivity contribution in [1.29, 1.82) is 10.5 Å². The third kappa shape index (κ3) is 3.90. The van der Waals surface area contributed by atoms with Crippen LogP contribution in [0, 0.1) is 22.7 Å². The van der Waals surface area contributed by atoms with Gasteiger partial charge in [0.2, 0.25) is 6.33 Å². The summed E-state index contributed by atoms with van der Waals surface area (Å²) in [5.41, 5.74) is 3.06. The molecule has 2 aromatic rings. The molecule has 0 atom stereocenters. The molecule has 0 saturated heterocycles. The molecule has 4 nitrogen and oxygen atoms in total. The zero-order valence-corrected chi connectivity index (χ0v) is 14.2. The van der Waals surface area contributed by atoms with Gasteiger partial charge in [-0.15, -0.1) is 0 Å². The first-order valence-corrected chi connectivity index (χ1v) is 8.61. The molecule has 2 rings (SSSR count). The van der Waals surface area contributed by atoms with Gasteiger partial charge >= 0.3 is 0 Å². The summed E-state index contributed by atoms with van der Waals surface area (Å²) in [4.78, 5) is 0. The Balaban J connectivity index is 2.44. The number of nitrogens with zero attached hydrogens (tertiary/aromatic N) is 4. The average Bonchev–Trinajstić information content (AvgIpc) is 2.91. The van der Waals surface area contributed by atoms with Crippen LogP contribution in [0.1, 0.15) is 63.5 Å². The quantitative estimate of drug-likeness (QED) is 0.545. The predicted octanol–water partition coefficient (Wildman–Crippen LogP) is 4.05. The van der Waals surface area contributed by atoms with Gasteiger partial charge in [0.15, 0.2) is 11.0 Å². The molecule has 0 spiro atoms. The first-order valence-electron chi connectivity index (χ1n) is 8.61. The molecule has 120 valence electrons. The third-order valence-electron chi connectivity index (χ3n) is 4.26. The van der Waals surface area contributed by atoms with Gasteiger partial charge in [0.25, 0.3) is 0 Å². The smallest absolute Gasteiger partial charge is 0.230 e. The highest BCUT2D eigenvalue weighted by Crippen LogP contribution is 2.19. The molecule has 0 saturated carbocycles. The van der Waals surface area contributed by atoms with Crippen LogP contribution in [0.4, 0.5) is 0 Å². The van der Waals surface area contributed by atoms with Crippen molar-refractivity contribution < 1.29 is 4.57 Å². The molecular weight excluding hydrogens is 284 g/mol. The Hall–Kier alpha value is -2.33. The Morgan fingerprint density at radius 1 is 0.957 bits per heavy atom. The SMILES string of the molecule is CCCCCn1c[n+](CCCCC)c2cc(C#N)c(C#N)cc21. The van der Waals surface area contributed by atoms with Crippen molar-refractivity contribution in [2.45, 2.75) is 65.5 Å². The van der Waals surface area contributed by atoms with Crippen LogP contribution in [0.5, 0.6) is 0 Å². The minimum atomic E-state index is 0.468. The summed E-state index contributed by atoms with van der Waals surface area (Å²) in [6, 6.07) is 8.04. The molecule has 1 heterocycles. The van der Waals surface area contributed by atoms with Crippen LogP contribution in [0.2, 0.25) is 0 Å².